The normalized spacial score (nSPS) is 12.2. The fourth-order valence-electron chi connectivity index (χ4n) is 7.23. The average molecular weight is 987 g/mol. The Bertz CT molecular complexity index is 3090. The van der Waals surface area contributed by atoms with Crippen molar-refractivity contribution in [3.8, 4) is 69.7 Å². The van der Waals surface area contributed by atoms with Crippen molar-refractivity contribution in [1.29, 1.82) is 10.5 Å². The van der Waals surface area contributed by atoms with E-state index in [1.165, 1.54) is 53.4 Å². The zero-order chi connectivity index (χ0) is 50.0. The lowest BCUT2D eigenvalue weighted by molar-refractivity contribution is 0.390. The second kappa shape index (κ2) is 21.7. The summed E-state index contributed by atoms with van der Waals surface area (Å²) in [5.41, 5.74) is 2.89. The Hall–Kier alpha value is -8.34. The molecule has 0 fully saturated rings. The highest BCUT2D eigenvalue weighted by Crippen LogP contribution is 2.38. The third-order valence-corrected chi connectivity index (χ3v) is 15.1. The van der Waals surface area contributed by atoms with E-state index in [0.717, 1.165) is 0 Å². The molecule has 22 heteroatoms. The lowest BCUT2D eigenvalue weighted by atomic mass is 10.2. The SMILES string of the molecule is COc1cccc(OC)c1-n1c(CS(=O)(=O)[C@@H](C)Cc2ccc(C#N)cn2)nnc1-c1ccco1.COc1cccc(OC)c1-n1c(CS(=O)(=O)[C@H](C)Cc2ccc(C#N)cn2)nnc1-c1ccco1. The molecular weight excluding hydrogens is 941 g/mol. The summed E-state index contributed by atoms with van der Waals surface area (Å²) in [6.45, 7) is 3.24. The van der Waals surface area contributed by atoms with Gasteiger partial charge in [0.25, 0.3) is 0 Å². The quantitative estimate of drug-likeness (QED) is 0.0864. The standard InChI is InChI=1S/2C24H23N5O5S/c2*1-16(12-18-10-9-17(13-25)14-26-18)35(30,31)15-22-27-28-24(21-8-5-11-34-21)29(22)23-19(32-2)6-4-7-20(23)33-3/h2*4-11,14,16H,12,15H2,1-3H3/t2*16-/m10/s1. The molecule has 0 unspecified atom stereocenters. The molecule has 0 aliphatic heterocycles. The maximum absolute atomic E-state index is 13.4. The molecule has 360 valence electrons. The molecule has 2 aromatic carbocycles. The van der Waals surface area contributed by atoms with Crippen molar-refractivity contribution < 1.29 is 44.6 Å². The number of methoxy groups -OCH3 is 4. The number of nitrogens with zero attached hydrogens (tertiary/aromatic N) is 10. The van der Waals surface area contributed by atoms with E-state index in [1.807, 2.05) is 12.1 Å². The molecule has 0 bridgehead atoms. The first-order valence-electron chi connectivity index (χ1n) is 21.3. The number of hydrogen-bond donors (Lipinski definition) is 0. The smallest absolute Gasteiger partial charge is 0.204 e. The van der Waals surface area contributed by atoms with Crippen LogP contribution >= 0.6 is 0 Å². The number of benzene rings is 2. The number of furan rings is 2. The van der Waals surface area contributed by atoms with Crippen LogP contribution in [0.2, 0.25) is 0 Å². The highest BCUT2D eigenvalue weighted by Gasteiger charge is 2.31. The number of pyridine rings is 2. The first-order chi connectivity index (χ1) is 33.7. The van der Waals surface area contributed by atoms with Gasteiger partial charge in [-0.2, -0.15) is 10.5 Å². The Morgan fingerprint density at radius 2 is 0.914 bits per heavy atom. The van der Waals surface area contributed by atoms with Gasteiger partial charge < -0.3 is 27.8 Å². The molecule has 8 aromatic rings. The molecule has 0 saturated heterocycles. The summed E-state index contributed by atoms with van der Waals surface area (Å²) in [5, 5.41) is 33.2. The van der Waals surface area contributed by atoms with E-state index in [0.29, 0.717) is 80.1 Å². The van der Waals surface area contributed by atoms with E-state index < -0.39 is 30.2 Å². The van der Waals surface area contributed by atoms with Gasteiger partial charge in [0.15, 0.2) is 42.8 Å². The predicted octanol–water partition coefficient (Wildman–Crippen LogP) is 6.71. The zero-order valence-corrected chi connectivity index (χ0v) is 40.4. The van der Waals surface area contributed by atoms with Crippen LogP contribution in [-0.2, 0) is 44.0 Å². The Morgan fingerprint density at radius 3 is 1.20 bits per heavy atom. The second-order valence-corrected chi connectivity index (χ2v) is 20.3. The molecule has 6 aromatic heterocycles. The van der Waals surface area contributed by atoms with Crippen molar-refractivity contribution in [3.63, 3.8) is 0 Å². The van der Waals surface area contributed by atoms with Gasteiger partial charge in [0.05, 0.1) is 62.6 Å². The van der Waals surface area contributed by atoms with Crippen LogP contribution in [0.1, 0.15) is 48.0 Å². The van der Waals surface area contributed by atoms with Gasteiger partial charge in [-0.1, -0.05) is 12.1 Å². The largest absolute Gasteiger partial charge is 0.494 e. The first-order valence-corrected chi connectivity index (χ1v) is 24.7. The number of aromatic nitrogens is 8. The second-order valence-electron chi connectivity index (χ2n) is 15.5. The topological polar surface area (TPSA) is 266 Å². The van der Waals surface area contributed by atoms with E-state index in [2.05, 4.69) is 30.4 Å². The van der Waals surface area contributed by atoms with E-state index >= 15 is 0 Å². The van der Waals surface area contributed by atoms with Crippen molar-refractivity contribution in [2.24, 2.45) is 0 Å². The molecule has 0 spiro atoms. The third kappa shape index (κ3) is 10.8. The van der Waals surface area contributed by atoms with Crippen LogP contribution in [0.15, 0.2) is 119 Å². The van der Waals surface area contributed by atoms with Crippen molar-refractivity contribution in [1.82, 2.24) is 39.5 Å². The van der Waals surface area contributed by atoms with Crippen LogP contribution in [0.5, 0.6) is 23.0 Å². The van der Waals surface area contributed by atoms with Crippen LogP contribution < -0.4 is 18.9 Å². The van der Waals surface area contributed by atoms with E-state index in [4.69, 9.17) is 38.3 Å². The molecule has 0 aliphatic carbocycles. The molecule has 0 N–H and O–H groups in total. The summed E-state index contributed by atoms with van der Waals surface area (Å²) in [4.78, 5) is 8.39. The number of ether oxygens (including phenoxy) is 4. The van der Waals surface area contributed by atoms with Gasteiger partial charge in [0.1, 0.15) is 58.0 Å². The molecule has 70 heavy (non-hydrogen) atoms. The van der Waals surface area contributed by atoms with Gasteiger partial charge in [-0.05, 0) is 86.6 Å². The number of hydrogen-bond acceptors (Lipinski definition) is 18. The summed E-state index contributed by atoms with van der Waals surface area (Å²) in [6.07, 6.45) is 6.22. The summed E-state index contributed by atoms with van der Waals surface area (Å²) < 4.78 is 89.9. The van der Waals surface area contributed by atoms with Gasteiger partial charge in [-0.25, -0.2) is 16.8 Å². The minimum Gasteiger partial charge on any atom is -0.494 e. The number of rotatable bonds is 18. The van der Waals surface area contributed by atoms with Crippen LogP contribution in [0, 0.1) is 22.7 Å². The highest BCUT2D eigenvalue weighted by molar-refractivity contribution is 7.91. The average Bonchev–Trinajstić information content (AvgIpc) is 4.23. The Balaban J connectivity index is 0.000000206. The van der Waals surface area contributed by atoms with E-state index in [9.17, 15) is 16.8 Å². The molecule has 0 aliphatic rings. The highest BCUT2D eigenvalue weighted by atomic mass is 32.2. The molecule has 6 heterocycles. The summed E-state index contributed by atoms with van der Waals surface area (Å²) >= 11 is 0. The van der Waals surface area contributed by atoms with Gasteiger partial charge >= 0.3 is 0 Å². The van der Waals surface area contributed by atoms with Crippen molar-refractivity contribution in [2.45, 2.75) is 48.7 Å². The summed E-state index contributed by atoms with van der Waals surface area (Å²) in [6, 6.07) is 27.8. The van der Waals surface area contributed by atoms with E-state index in [1.54, 1.807) is 108 Å². The zero-order valence-electron chi connectivity index (χ0n) is 38.7. The van der Waals surface area contributed by atoms with Crippen molar-refractivity contribution in [3.05, 3.63) is 144 Å². The van der Waals surface area contributed by atoms with Gasteiger partial charge in [-0.15, -0.1) is 20.4 Å². The molecule has 0 radical (unpaired) electrons. The predicted molar refractivity (Wildman–Crippen MR) is 254 cm³/mol. The van der Waals surface area contributed by atoms with Gasteiger partial charge in [0.2, 0.25) is 11.6 Å². The molecule has 2 atom stereocenters. The fourth-order valence-corrected chi connectivity index (χ4v) is 9.75. The maximum Gasteiger partial charge on any atom is 0.204 e. The molecule has 0 saturated carbocycles. The fraction of sp³-hybridized carbons (Fsp3) is 0.250. The van der Waals surface area contributed by atoms with Crippen LogP contribution in [0.3, 0.4) is 0 Å². The van der Waals surface area contributed by atoms with Gasteiger partial charge in [0, 0.05) is 36.6 Å². The Kier molecular flexibility index (Phi) is 15.4. The lowest BCUT2D eigenvalue weighted by Gasteiger charge is -2.18. The van der Waals surface area contributed by atoms with Crippen LogP contribution in [-0.4, -0.2) is 95.3 Å². The number of sulfone groups is 2. The summed E-state index contributed by atoms with van der Waals surface area (Å²) in [5.74, 6) is 2.81. The van der Waals surface area contributed by atoms with Crippen LogP contribution in [0.4, 0.5) is 0 Å². The lowest BCUT2D eigenvalue weighted by Crippen LogP contribution is -2.24. The molecule has 8 rings (SSSR count). The van der Waals surface area contributed by atoms with Crippen molar-refractivity contribution in [2.75, 3.05) is 28.4 Å². The Labute approximate surface area is 403 Å². The summed E-state index contributed by atoms with van der Waals surface area (Å²) in [7, 11) is -1.34. The van der Waals surface area contributed by atoms with Crippen LogP contribution in [0.25, 0.3) is 34.5 Å². The molecular formula is C48H46N10O10S2. The minimum absolute atomic E-state index is 0.179. The molecule has 20 nitrogen and oxygen atoms in total. The van der Waals surface area contributed by atoms with E-state index in [-0.39, 0.29) is 36.0 Å². The van der Waals surface area contributed by atoms with Gasteiger partial charge in [-0.3, -0.25) is 19.1 Å². The monoisotopic (exact) mass is 986 g/mol. The maximum atomic E-state index is 13.4. The molecule has 0 amide bonds. The number of nitriles is 2. The van der Waals surface area contributed by atoms with Crippen molar-refractivity contribution >= 4 is 19.7 Å². The Morgan fingerprint density at radius 1 is 0.543 bits per heavy atom. The third-order valence-electron chi connectivity index (χ3n) is 11.0. The first kappa shape index (κ1) is 49.6. The minimum atomic E-state index is -3.69. The number of para-hydroxylation sites is 2.